The van der Waals surface area contributed by atoms with Crippen LogP contribution in [0.3, 0.4) is 0 Å². The Labute approximate surface area is 214 Å². The third-order valence-corrected chi connectivity index (χ3v) is 13.8. The van der Waals surface area contributed by atoms with Gasteiger partial charge in [-0.25, -0.2) is 8.42 Å². The number of rotatable bonds is 7. The summed E-state index contributed by atoms with van der Waals surface area (Å²) in [6.07, 6.45) is 13.4. The zero-order valence-electron chi connectivity index (χ0n) is 23.2. The molecule has 4 aliphatic rings. The van der Waals surface area contributed by atoms with Gasteiger partial charge in [0, 0.05) is 24.6 Å². The Morgan fingerprint density at radius 2 is 1.71 bits per heavy atom. The van der Waals surface area contributed by atoms with Gasteiger partial charge in [-0.15, -0.1) is 0 Å². The molecule has 0 radical (unpaired) electrons. The van der Waals surface area contributed by atoms with Crippen molar-refractivity contribution in [2.75, 3.05) is 18.6 Å². The summed E-state index contributed by atoms with van der Waals surface area (Å²) < 4.78 is 22.7. The Morgan fingerprint density at radius 1 is 1.00 bits per heavy atom. The van der Waals surface area contributed by atoms with Crippen LogP contribution >= 0.6 is 0 Å². The maximum Gasteiger partial charge on any atom is 0.220 e. The second-order valence-electron chi connectivity index (χ2n) is 13.9. The molecule has 0 spiro atoms. The van der Waals surface area contributed by atoms with Gasteiger partial charge in [-0.3, -0.25) is 4.79 Å². The SMILES string of the molecule is C[C@H](CCC(=O)NCCS(C)(=O)=O)[C@@]1(C)CCC2[C@@H]3CC[C@@H]4CCCC[C@]4(C)[C@@]3(C)C[C@H](O)[C@@]21C. The van der Waals surface area contributed by atoms with Crippen molar-refractivity contribution in [3.8, 4) is 0 Å². The van der Waals surface area contributed by atoms with Gasteiger partial charge in [0.05, 0.1) is 11.9 Å². The summed E-state index contributed by atoms with van der Waals surface area (Å²) in [6, 6.07) is 0. The molecule has 0 bridgehead atoms. The lowest BCUT2D eigenvalue weighted by Gasteiger charge is -2.68. The minimum absolute atomic E-state index is 0.00420. The van der Waals surface area contributed by atoms with Gasteiger partial charge in [0.1, 0.15) is 9.84 Å². The summed E-state index contributed by atoms with van der Waals surface area (Å²) in [5.41, 5.74) is 0.441. The van der Waals surface area contributed by atoms with Gasteiger partial charge in [-0.05, 0) is 91.3 Å². The average molecular weight is 510 g/mol. The third kappa shape index (κ3) is 4.30. The molecule has 0 aromatic heterocycles. The smallest absolute Gasteiger partial charge is 0.220 e. The fourth-order valence-electron chi connectivity index (χ4n) is 9.99. The van der Waals surface area contributed by atoms with Crippen molar-refractivity contribution in [3.63, 3.8) is 0 Å². The quantitative estimate of drug-likeness (QED) is 0.484. The number of aliphatic hydroxyl groups is 1. The molecule has 4 rings (SSSR count). The highest BCUT2D eigenvalue weighted by Crippen LogP contribution is 2.75. The fourth-order valence-corrected chi connectivity index (χ4v) is 10.5. The van der Waals surface area contributed by atoms with E-state index in [0.717, 1.165) is 25.2 Å². The first-order chi connectivity index (χ1) is 16.2. The molecular weight excluding hydrogens is 458 g/mol. The number of nitrogens with one attached hydrogen (secondary N) is 1. The molecule has 0 heterocycles. The van der Waals surface area contributed by atoms with Crippen molar-refractivity contribution in [1.82, 2.24) is 5.32 Å². The van der Waals surface area contributed by atoms with E-state index in [1.54, 1.807) is 0 Å². The number of carbonyl (C=O) groups excluding carboxylic acids is 1. The fraction of sp³-hybridized carbons (Fsp3) is 0.966. The summed E-state index contributed by atoms with van der Waals surface area (Å²) >= 11 is 0. The zero-order valence-corrected chi connectivity index (χ0v) is 24.0. The van der Waals surface area contributed by atoms with Gasteiger partial charge in [-0.2, -0.15) is 0 Å². The number of amides is 1. The van der Waals surface area contributed by atoms with Crippen molar-refractivity contribution in [2.45, 2.75) is 111 Å². The van der Waals surface area contributed by atoms with E-state index >= 15 is 0 Å². The van der Waals surface area contributed by atoms with Crippen LogP contribution in [0.5, 0.6) is 0 Å². The van der Waals surface area contributed by atoms with Gasteiger partial charge in [0.2, 0.25) is 5.91 Å². The molecule has 0 aromatic rings. The standard InChI is InChI=1S/C29H51NO4S/c1-20(10-13-25(32)30-17-18-35(6,33)34)26(2)16-14-23-22-12-11-21-9-7-8-15-27(21,3)28(22,4)19-24(31)29(23,26)5/h20-24,31H,7-19H2,1-6H3,(H,30,32)/t20-,21+,22+,23?,24+,26-,27+,28+,29-/m1/s1. The molecule has 4 fully saturated rings. The molecule has 9 atom stereocenters. The second-order valence-corrected chi connectivity index (χ2v) is 16.2. The Bertz CT molecular complexity index is 920. The highest BCUT2D eigenvalue weighted by atomic mass is 32.2. The van der Waals surface area contributed by atoms with E-state index in [9.17, 15) is 18.3 Å². The van der Waals surface area contributed by atoms with Crippen LogP contribution < -0.4 is 5.32 Å². The average Bonchev–Trinajstić information content (AvgIpc) is 3.05. The molecule has 35 heavy (non-hydrogen) atoms. The molecule has 4 saturated carbocycles. The van der Waals surface area contributed by atoms with E-state index in [1.165, 1.54) is 51.2 Å². The van der Waals surface area contributed by atoms with Gasteiger partial charge < -0.3 is 10.4 Å². The molecule has 202 valence electrons. The molecule has 0 saturated heterocycles. The van der Waals surface area contributed by atoms with E-state index in [1.807, 2.05) is 0 Å². The number of fused-ring (bicyclic) bond motifs is 5. The number of sulfone groups is 1. The topological polar surface area (TPSA) is 83.5 Å². The third-order valence-electron chi connectivity index (χ3n) is 12.8. The Kier molecular flexibility index (Phi) is 7.28. The van der Waals surface area contributed by atoms with Crippen LogP contribution in [0.25, 0.3) is 0 Å². The summed E-state index contributed by atoms with van der Waals surface area (Å²) in [7, 11) is -3.07. The van der Waals surface area contributed by atoms with Crippen molar-refractivity contribution < 1.29 is 18.3 Å². The number of aliphatic hydroxyl groups excluding tert-OH is 1. The molecule has 0 aromatic carbocycles. The summed E-state index contributed by atoms with van der Waals surface area (Å²) in [5, 5.41) is 14.7. The molecular formula is C29H51NO4S. The van der Waals surface area contributed by atoms with E-state index in [-0.39, 0.29) is 40.6 Å². The Balaban J connectivity index is 1.48. The lowest BCUT2D eigenvalue weighted by Crippen LogP contribution is -2.64. The van der Waals surface area contributed by atoms with Crippen LogP contribution in [0, 0.1) is 45.3 Å². The number of hydrogen-bond acceptors (Lipinski definition) is 4. The molecule has 5 nitrogen and oxygen atoms in total. The van der Waals surface area contributed by atoms with Crippen molar-refractivity contribution in [3.05, 3.63) is 0 Å². The lowest BCUT2D eigenvalue weighted by molar-refractivity contribution is -0.229. The molecule has 4 aliphatic carbocycles. The second kappa shape index (κ2) is 9.29. The summed E-state index contributed by atoms with van der Waals surface area (Å²) in [4.78, 5) is 12.4. The van der Waals surface area contributed by atoms with E-state index in [0.29, 0.717) is 29.6 Å². The Morgan fingerprint density at radius 3 is 2.40 bits per heavy atom. The minimum Gasteiger partial charge on any atom is -0.393 e. The van der Waals surface area contributed by atoms with Crippen LogP contribution in [-0.4, -0.2) is 44.1 Å². The van der Waals surface area contributed by atoms with Gasteiger partial charge >= 0.3 is 0 Å². The first kappa shape index (κ1) is 27.4. The van der Waals surface area contributed by atoms with E-state index in [2.05, 4.69) is 39.9 Å². The number of carbonyl (C=O) groups is 1. The minimum atomic E-state index is -3.07. The first-order valence-corrected chi connectivity index (χ1v) is 16.4. The predicted molar refractivity (Wildman–Crippen MR) is 142 cm³/mol. The molecule has 1 unspecified atom stereocenters. The van der Waals surface area contributed by atoms with Gasteiger partial charge in [0.15, 0.2) is 0 Å². The Hall–Kier alpha value is -0.620. The van der Waals surface area contributed by atoms with Gasteiger partial charge in [0.25, 0.3) is 0 Å². The van der Waals surface area contributed by atoms with Crippen LogP contribution in [0.1, 0.15) is 105 Å². The normalized spacial score (nSPS) is 46.3. The summed E-state index contributed by atoms with van der Waals surface area (Å²) in [6.45, 7) is 12.3. The van der Waals surface area contributed by atoms with E-state index in [4.69, 9.17) is 0 Å². The molecule has 0 aliphatic heterocycles. The highest BCUT2D eigenvalue weighted by Gasteiger charge is 2.70. The highest BCUT2D eigenvalue weighted by molar-refractivity contribution is 7.90. The molecule has 2 N–H and O–H groups in total. The largest absolute Gasteiger partial charge is 0.393 e. The van der Waals surface area contributed by atoms with Crippen molar-refractivity contribution >= 4 is 15.7 Å². The van der Waals surface area contributed by atoms with Crippen LogP contribution in [0.4, 0.5) is 0 Å². The maximum atomic E-state index is 12.4. The lowest BCUT2D eigenvalue weighted by atomic mass is 9.36. The maximum absolute atomic E-state index is 12.4. The van der Waals surface area contributed by atoms with Crippen molar-refractivity contribution in [2.24, 2.45) is 45.3 Å². The van der Waals surface area contributed by atoms with E-state index < -0.39 is 9.84 Å². The molecule has 6 heteroatoms. The summed E-state index contributed by atoms with van der Waals surface area (Å²) in [5.74, 6) is 2.29. The first-order valence-electron chi connectivity index (χ1n) is 14.3. The van der Waals surface area contributed by atoms with Crippen molar-refractivity contribution in [1.29, 1.82) is 0 Å². The number of hydrogen-bond donors (Lipinski definition) is 2. The van der Waals surface area contributed by atoms with Crippen LogP contribution in [0.15, 0.2) is 0 Å². The van der Waals surface area contributed by atoms with Crippen LogP contribution in [-0.2, 0) is 14.6 Å². The van der Waals surface area contributed by atoms with Crippen LogP contribution in [0.2, 0.25) is 0 Å². The monoisotopic (exact) mass is 509 g/mol. The zero-order chi connectivity index (χ0) is 25.9. The predicted octanol–water partition coefficient (Wildman–Crippen LogP) is 5.36. The molecule has 1 amide bonds. The van der Waals surface area contributed by atoms with Gasteiger partial charge in [-0.1, -0.05) is 47.5 Å².